The zero-order valence-electron chi connectivity index (χ0n) is 11.9. The fourth-order valence-corrected chi connectivity index (χ4v) is 3.94. The van der Waals surface area contributed by atoms with Crippen molar-refractivity contribution in [1.29, 1.82) is 0 Å². The number of hydrogen-bond acceptors (Lipinski definition) is 6. The third-order valence-corrected chi connectivity index (χ3v) is 5.64. The summed E-state index contributed by atoms with van der Waals surface area (Å²) in [4.78, 5) is 23.5. The van der Waals surface area contributed by atoms with E-state index in [2.05, 4.69) is 10.1 Å². The van der Waals surface area contributed by atoms with Gasteiger partial charge in [0.15, 0.2) is 0 Å². The van der Waals surface area contributed by atoms with Crippen molar-refractivity contribution in [1.82, 2.24) is 0 Å². The highest BCUT2D eigenvalue weighted by atomic mass is 32.1. The van der Waals surface area contributed by atoms with Crippen molar-refractivity contribution in [3.63, 3.8) is 0 Å². The molecule has 3 rings (SSSR count). The predicted molar refractivity (Wildman–Crippen MR) is 81.5 cm³/mol. The van der Waals surface area contributed by atoms with E-state index in [-0.39, 0.29) is 16.1 Å². The Bertz CT molecular complexity index is 603. The minimum atomic E-state index is -0.627. The van der Waals surface area contributed by atoms with Crippen LogP contribution in [-0.2, 0) is 4.74 Å². The third kappa shape index (κ3) is 2.46. The molecule has 2 aliphatic rings. The average Bonchev–Trinajstić information content (AvgIpc) is 3.33. The Labute approximate surface area is 126 Å². The molecule has 0 aromatic carbocycles. The highest BCUT2D eigenvalue weighted by Gasteiger charge is 2.53. The van der Waals surface area contributed by atoms with Crippen LogP contribution in [0.5, 0.6) is 0 Å². The molecule has 0 bridgehead atoms. The normalized spacial score (nSPS) is 19.1. The number of thiophene rings is 1. The number of rotatable bonds is 6. The summed E-state index contributed by atoms with van der Waals surface area (Å²) < 4.78 is 4.68. The first-order valence-corrected chi connectivity index (χ1v) is 7.84. The first-order chi connectivity index (χ1) is 9.98. The third-order valence-electron chi connectivity index (χ3n) is 4.50. The van der Waals surface area contributed by atoms with Crippen LogP contribution in [0.15, 0.2) is 0 Å². The molecule has 0 saturated heterocycles. The molecular weight excluding hydrogens is 290 g/mol. The van der Waals surface area contributed by atoms with Crippen LogP contribution in [0.4, 0.5) is 10.7 Å². The number of nitrogens with two attached hydrogens (primary N) is 2. The van der Waals surface area contributed by atoms with Crippen LogP contribution in [0.25, 0.3) is 0 Å². The number of esters is 1. The zero-order valence-corrected chi connectivity index (χ0v) is 12.7. The first kappa shape index (κ1) is 14.2. The van der Waals surface area contributed by atoms with Crippen molar-refractivity contribution in [2.45, 2.75) is 25.7 Å². The van der Waals surface area contributed by atoms with Gasteiger partial charge >= 0.3 is 5.97 Å². The van der Waals surface area contributed by atoms with E-state index in [0.717, 1.165) is 23.8 Å². The molecule has 1 aromatic heterocycles. The van der Waals surface area contributed by atoms with Gasteiger partial charge in [-0.1, -0.05) is 0 Å². The van der Waals surface area contributed by atoms with Crippen LogP contribution in [0, 0.1) is 11.3 Å². The molecule has 5 N–H and O–H groups in total. The minimum Gasteiger partial charge on any atom is -0.465 e. The molecule has 0 spiro atoms. The number of ether oxygens (including phenoxy) is 1. The maximum absolute atomic E-state index is 11.7. The monoisotopic (exact) mass is 309 g/mol. The van der Waals surface area contributed by atoms with Crippen molar-refractivity contribution >= 4 is 33.9 Å². The number of primary amides is 1. The molecule has 114 valence electrons. The minimum absolute atomic E-state index is 0.109. The fourth-order valence-electron chi connectivity index (χ4n) is 2.90. The van der Waals surface area contributed by atoms with Gasteiger partial charge in [0.05, 0.1) is 18.4 Å². The van der Waals surface area contributed by atoms with Crippen molar-refractivity contribution in [2.24, 2.45) is 17.1 Å². The summed E-state index contributed by atoms with van der Waals surface area (Å²) in [6.45, 7) is 0.804. The first-order valence-electron chi connectivity index (χ1n) is 7.03. The number of anilines is 2. The molecule has 2 aliphatic carbocycles. The number of nitrogens with one attached hydrogen (secondary N) is 1. The van der Waals surface area contributed by atoms with Crippen LogP contribution in [-0.4, -0.2) is 25.5 Å². The Morgan fingerprint density at radius 3 is 2.57 bits per heavy atom. The largest absolute Gasteiger partial charge is 0.465 e. The molecule has 2 fully saturated rings. The number of methoxy groups -OCH3 is 1. The smallest absolute Gasteiger partial charge is 0.350 e. The van der Waals surface area contributed by atoms with Crippen LogP contribution in [0.3, 0.4) is 0 Å². The molecule has 0 radical (unpaired) electrons. The van der Waals surface area contributed by atoms with E-state index in [4.69, 9.17) is 11.5 Å². The molecule has 21 heavy (non-hydrogen) atoms. The molecule has 1 aromatic rings. The number of amides is 1. The van der Waals surface area contributed by atoms with Gasteiger partial charge in [-0.15, -0.1) is 11.3 Å². The lowest BCUT2D eigenvalue weighted by atomic mass is 10.0. The van der Waals surface area contributed by atoms with Gasteiger partial charge in [-0.2, -0.15) is 0 Å². The Balaban J connectivity index is 1.83. The Morgan fingerprint density at radius 1 is 1.43 bits per heavy atom. The highest BCUT2D eigenvalue weighted by molar-refractivity contribution is 7.19. The Morgan fingerprint density at radius 2 is 2.10 bits per heavy atom. The topological polar surface area (TPSA) is 107 Å². The molecule has 2 saturated carbocycles. The maximum Gasteiger partial charge on any atom is 0.350 e. The number of carbonyl (C=O) groups is 2. The molecule has 1 heterocycles. The summed E-state index contributed by atoms with van der Waals surface area (Å²) in [5.74, 6) is -0.367. The average molecular weight is 309 g/mol. The van der Waals surface area contributed by atoms with Gasteiger partial charge in [-0.05, 0) is 37.0 Å². The van der Waals surface area contributed by atoms with Crippen molar-refractivity contribution in [2.75, 3.05) is 24.7 Å². The van der Waals surface area contributed by atoms with E-state index in [9.17, 15) is 9.59 Å². The van der Waals surface area contributed by atoms with E-state index in [1.54, 1.807) is 0 Å². The molecule has 0 unspecified atom stereocenters. The standard InChI is InChI=1S/C14H19N3O3S/c1-20-13(19)10-9(15)8(11(16)18)12(21-10)17-6-14(4-5-14)7-2-3-7/h7,17H,2-6,15H2,1H3,(H2,16,18). The lowest BCUT2D eigenvalue weighted by Gasteiger charge is -2.15. The van der Waals surface area contributed by atoms with Gasteiger partial charge in [-0.3, -0.25) is 4.79 Å². The lowest BCUT2D eigenvalue weighted by Crippen LogP contribution is -2.20. The summed E-state index contributed by atoms with van der Waals surface area (Å²) >= 11 is 1.14. The molecule has 7 heteroatoms. The molecular formula is C14H19N3O3S. The highest BCUT2D eigenvalue weighted by Crippen LogP contribution is 2.61. The van der Waals surface area contributed by atoms with Crippen molar-refractivity contribution < 1.29 is 14.3 Å². The SMILES string of the molecule is COC(=O)c1sc(NCC2(C3CC3)CC2)c(C(N)=O)c1N. The van der Waals surface area contributed by atoms with E-state index >= 15 is 0 Å². The fraction of sp³-hybridized carbons (Fsp3) is 0.571. The Kier molecular flexibility index (Phi) is 3.32. The van der Waals surface area contributed by atoms with E-state index in [1.807, 2.05) is 0 Å². The summed E-state index contributed by atoms with van der Waals surface area (Å²) in [5, 5.41) is 3.87. The summed E-state index contributed by atoms with van der Waals surface area (Å²) in [6.07, 6.45) is 5.04. The van der Waals surface area contributed by atoms with E-state index in [1.165, 1.54) is 32.8 Å². The lowest BCUT2D eigenvalue weighted by molar-refractivity contribution is 0.0607. The molecule has 6 nitrogen and oxygen atoms in total. The van der Waals surface area contributed by atoms with Gasteiger partial charge < -0.3 is 21.5 Å². The van der Waals surface area contributed by atoms with E-state index in [0.29, 0.717) is 10.4 Å². The zero-order chi connectivity index (χ0) is 15.2. The predicted octanol–water partition coefficient (Wildman–Crippen LogP) is 1.82. The van der Waals surface area contributed by atoms with Crippen LogP contribution in [0.2, 0.25) is 0 Å². The van der Waals surface area contributed by atoms with Crippen LogP contribution in [0.1, 0.15) is 45.7 Å². The molecule has 0 aliphatic heterocycles. The number of nitrogen functional groups attached to an aromatic ring is 1. The quantitative estimate of drug-likeness (QED) is 0.695. The number of carbonyl (C=O) groups excluding carboxylic acids is 2. The maximum atomic E-state index is 11.7. The van der Waals surface area contributed by atoms with Crippen LogP contribution < -0.4 is 16.8 Å². The number of hydrogen-bond donors (Lipinski definition) is 3. The van der Waals surface area contributed by atoms with Crippen molar-refractivity contribution in [3.05, 3.63) is 10.4 Å². The van der Waals surface area contributed by atoms with Crippen molar-refractivity contribution in [3.8, 4) is 0 Å². The van der Waals surface area contributed by atoms with Gasteiger partial charge in [0.2, 0.25) is 0 Å². The van der Waals surface area contributed by atoms with Gasteiger partial charge in [0.1, 0.15) is 9.88 Å². The second-order valence-corrected chi connectivity index (χ2v) is 6.92. The van der Waals surface area contributed by atoms with E-state index < -0.39 is 11.9 Å². The molecule has 1 amide bonds. The second-order valence-electron chi connectivity index (χ2n) is 5.90. The second kappa shape index (κ2) is 4.91. The van der Waals surface area contributed by atoms with Crippen LogP contribution >= 0.6 is 11.3 Å². The summed E-state index contributed by atoms with van der Waals surface area (Å²) in [5.41, 5.74) is 12.0. The Hall–Kier alpha value is -1.76. The molecule has 0 atom stereocenters. The van der Waals surface area contributed by atoms with Gasteiger partial charge in [0.25, 0.3) is 5.91 Å². The summed E-state index contributed by atoms with van der Waals surface area (Å²) in [7, 11) is 1.28. The van der Waals surface area contributed by atoms with Gasteiger partial charge in [-0.25, -0.2) is 4.79 Å². The summed E-state index contributed by atoms with van der Waals surface area (Å²) in [6, 6.07) is 0. The van der Waals surface area contributed by atoms with Gasteiger partial charge in [0, 0.05) is 6.54 Å².